The first-order valence-electron chi connectivity index (χ1n) is 3.66. The summed E-state index contributed by atoms with van der Waals surface area (Å²) in [6.07, 6.45) is 1.24. The van der Waals surface area contributed by atoms with Gasteiger partial charge in [0.15, 0.2) is 0 Å². The maximum absolute atomic E-state index is 10.5. The normalized spacial score (nSPS) is 12.5. The summed E-state index contributed by atoms with van der Waals surface area (Å²) in [6.45, 7) is 1.73. The highest BCUT2D eigenvalue weighted by atomic mass is 35.5. The Kier molecular flexibility index (Phi) is 2.85. The number of aromatic nitrogens is 1. The largest absolute Gasteiger partial charge is 0.478 e. The van der Waals surface area contributed by atoms with Gasteiger partial charge in [-0.05, 0) is 13.0 Å². The Morgan fingerprint density at radius 2 is 2.38 bits per heavy atom. The molecule has 0 spiro atoms. The van der Waals surface area contributed by atoms with Gasteiger partial charge >= 0.3 is 5.97 Å². The Morgan fingerprint density at radius 3 is 2.77 bits per heavy atom. The van der Waals surface area contributed by atoms with Crippen molar-refractivity contribution in [2.75, 3.05) is 0 Å². The summed E-state index contributed by atoms with van der Waals surface area (Å²) in [5, 5.41) is 8.90. The predicted molar refractivity (Wildman–Crippen MR) is 48.8 cm³/mol. The Balaban J connectivity index is 3.13. The molecule has 1 heterocycles. The van der Waals surface area contributed by atoms with Gasteiger partial charge in [0.05, 0.1) is 16.3 Å². The van der Waals surface area contributed by atoms with E-state index in [0.717, 1.165) is 0 Å². The number of pyridine rings is 1. The molecule has 0 bridgehead atoms. The number of hydrogen-bond donors (Lipinski definition) is 2. The first-order chi connectivity index (χ1) is 6.02. The number of hydrogen-bond acceptors (Lipinski definition) is 3. The van der Waals surface area contributed by atoms with E-state index in [-0.39, 0.29) is 16.6 Å². The van der Waals surface area contributed by atoms with Gasteiger partial charge in [-0.2, -0.15) is 0 Å². The van der Waals surface area contributed by atoms with E-state index in [1.165, 1.54) is 12.3 Å². The molecule has 0 aliphatic rings. The standard InChI is InChI=1S/C8H9ClN2O2/c1-4(10)7-6(9)2-5(3-11-7)8(12)13/h2-4H,10H2,1H3,(H,12,13). The van der Waals surface area contributed by atoms with Crippen molar-refractivity contribution in [3.63, 3.8) is 0 Å². The lowest BCUT2D eigenvalue weighted by atomic mass is 10.2. The molecule has 13 heavy (non-hydrogen) atoms. The topological polar surface area (TPSA) is 76.2 Å². The van der Waals surface area contributed by atoms with Crippen LogP contribution in [-0.2, 0) is 0 Å². The third-order valence-corrected chi connectivity index (χ3v) is 1.85. The number of nitrogens with zero attached hydrogens (tertiary/aromatic N) is 1. The molecule has 0 fully saturated rings. The lowest BCUT2D eigenvalue weighted by Crippen LogP contribution is -2.09. The second-order valence-corrected chi connectivity index (χ2v) is 3.09. The number of rotatable bonds is 2. The van der Waals surface area contributed by atoms with Crippen LogP contribution in [0.3, 0.4) is 0 Å². The summed E-state index contributed by atoms with van der Waals surface area (Å²) in [6, 6.07) is 1.05. The quantitative estimate of drug-likeness (QED) is 0.758. The van der Waals surface area contributed by atoms with E-state index >= 15 is 0 Å². The van der Waals surface area contributed by atoms with Crippen LogP contribution in [0.25, 0.3) is 0 Å². The number of aromatic carboxylic acids is 1. The highest BCUT2D eigenvalue weighted by Crippen LogP contribution is 2.19. The highest BCUT2D eigenvalue weighted by Gasteiger charge is 2.10. The van der Waals surface area contributed by atoms with Crippen molar-refractivity contribution in [1.82, 2.24) is 4.98 Å². The lowest BCUT2D eigenvalue weighted by Gasteiger charge is -2.06. The molecule has 0 aromatic carbocycles. The first-order valence-corrected chi connectivity index (χ1v) is 4.04. The summed E-state index contributed by atoms with van der Waals surface area (Å²) in [7, 11) is 0. The van der Waals surface area contributed by atoms with Crippen LogP contribution in [-0.4, -0.2) is 16.1 Å². The van der Waals surface area contributed by atoms with Crippen molar-refractivity contribution >= 4 is 17.6 Å². The van der Waals surface area contributed by atoms with Gasteiger partial charge in [-0.1, -0.05) is 11.6 Å². The molecule has 0 aliphatic carbocycles. The van der Waals surface area contributed by atoms with Crippen LogP contribution in [0.1, 0.15) is 29.0 Å². The first kappa shape index (κ1) is 9.95. The van der Waals surface area contributed by atoms with Crippen molar-refractivity contribution in [2.24, 2.45) is 5.73 Å². The van der Waals surface area contributed by atoms with E-state index in [1.54, 1.807) is 6.92 Å². The van der Waals surface area contributed by atoms with Crippen LogP contribution in [0.2, 0.25) is 5.02 Å². The third kappa shape index (κ3) is 2.17. The van der Waals surface area contributed by atoms with Gasteiger partial charge in [0, 0.05) is 12.2 Å². The number of halogens is 1. The molecule has 0 amide bonds. The van der Waals surface area contributed by atoms with Crippen LogP contribution in [0.5, 0.6) is 0 Å². The van der Waals surface area contributed by atoms with Gasteiger partial charge in [-0.15, -0.1) is 0 Å². The number of carboxylic acid groups (broad SMARTS) is 1. The lowest BCUT2D eigenvalue weighted by molar-refractivity contribution is 0.0696. The fraction of sp³-hybridized carbons (Fsp3) is 0.250. The van der Waals surface area contributed by atoms with Crippen LogP contribution >= 0.6 is 11.6 Å². The summed E-state index contributed by atoms with van der Waals surface area (Å²) in [4.78, 5) is 14.4. The Bertz CT molecular complexity index is 339. The minimum atomic E-state index is -1.05. The van der Waals surface area contributed by atoms with E-state index in [9.17, 15) is 4.79 Å². The van der Waals surface area contributed by atoms with E-state index in [4.69, 9.17) is 22.4 Å². The van der Waals surface area contributed by atoms with E-state index in [2.05, 4.69) is 4.98 Å². The molecule has 4 nitrogen and oxygen atoms in total. The van der Waals surface area contributed by atoms with Crippen LogP contribution in [0, 0.1) is 0 Å². The zero-order chi connectivity index (χ0) is 10.0. The van der Waals surface area contributed by atoms with Crippen molar-refractivity contribution in [2.45, 2.75) is 13.0 Å². The molecule has 1 aromatic heterocycles. The summed E-state index contributed by atoms with van der Waals surface area (Å²) in [5.41, 5.74) is 6.12. The number of carbonyl (C=O) groups is 1. The van der Waals surface area contributed by atoms with Crippen molar-refractivity contribution in [1.29, 1.82) is 0 Å². The van der Waals surface area contributed by atoms with Crippen molar-refractivity contribution in [3.8, 4) is 0 Å². The average molecular weight is 201 g/mol. The molecule has 0 radical (unpaired) electrons. The number of nitrogens with two attached hydrogens (primary N) is 1. The van der Waals surface area contributed by atoms with Gasteiger partial charge in [-0.3, -0.25) is 4.98 Å². The van der Waals surface area contributed by atoms with Gasteiger partial charge < -0.3 is 10.8 Å². The molecule has 3 N–H and O–H groups in total. The van der Waals surface area contributed by atoms with Crippen LogP contribution in [0.4, 0.5) is 0 Å². The molecular weight excluding hydrogens is 192 g/mol. The molecule has 5 heteroatoms. The molecular formula is C8H9ClN2O2. The highest BCUT2D eigenvalue weighted by molar-refractivity contribution is 6.31. The van der Waals surface area contributed by atoms with Crippen molar-refractivity contribution in [3.05, 3.63) is 28.5 Å². The summed E-state index contributed by atoms with van der Waals surface area (Å²) < 4.78 is 0. The second kappa shape index (κ2) is 3.72. The zero-order valence-electron chi connectivity index (χ0n) is 6.99. The maximum Gasteiger partial charge on any atom is 0.337 e. The smallest absolute Gasteiger partial charge is 0.337 e. The van der Waals surface area contributed by atoms with Gasteiger partial charge in [0.2, 0.25) is 0 Å². The fourth-order valence-electron chi connectivity index (χ4n) is 0.901. The van der Waals surface area contributed by atoms with Gasteiger partial charge in [0.1, 0.15) is 0 Å². The molecule has 1 atom stereocenters. The Labute approximate surface area is 80.3 Å². The fourth-order valence-corrected chi connectivity index (χ4v) is 1.24. The third-order valence-electron chi connectivity index (χ3n) is 1.55. The minimum absolute atomic E-state index is 0.0643. The summed E-state index contributed by atoms with van der Waals surface area (Å²) >= 11 is 5.76. The van der Waals surface area contributed by atoms with E-state index < -0.39 is 5.97 Å². The number of carboxylic acids is 1. The molecule has 1 unspecified atom stereocenters. The van der Waals surface area contributed by atoms with Crippen LogP contribution in [0.15, 0.2) is 12.3 Å². The Hall–Kier alpha value is -1.13. The second-order valence-electron chi connectivity index (χ2n) is 2.68. The van der Waals surface area contributed by atoms with Crippen LogP contribution < -0.4 is 5.73 Å². The molecule has 0 saturated heterocycles. The van der Waals surface area contributed by atoms with Crippen molar-refractivity contribution < 1.29 is 9.90 Å². The predicted octanol–water partition coefficient (Wildman–Crippen LogP) is 1.45. The molecule has 70 valence electrons. The molecule has 1 rings (SSSR count). The minimum Gasteiger partial charge on any atom is -0.478 e. The molecule has 1 aromatic rings. The monoisotopic (exact) mass is 200 g/mol. The summed E-state index contributed by atoms with van der Waals surface area (Å²) in [5.74, 6) is -1.05. The molecule has 0 aliphatic heterocycles. The van der Waals surface area contributed by atoms with E-state index in [0.29, 0.717) is 5.69 Å². The molecule has 0 saturated carbocycles. The Morgan fingerprint density at radius 1 is 1.77 bits per heavy atom. The zero-order valence-corrected chi connectivity index (χ0v) is 7.75. The SMILES string of the molecule is CC(N)c1ncc(C(=O)O)cc1Cl. The average Bonchev–Trinajstić information content (AvgIpc) is 2.03. The van der Waals surface area contributed by atoms with Gasteiger partial charge in [-0.25, -0.2) is 4.79 Å². The van der Waals surface area contributed by atoms with Gasteiger partial charge in [0.25, 0.3) is 0 Å². The van der Waals surface area contributed by atoms with E-state index in [1.807, 2.05) is 0 Å². The maximum atomic E-state index is 10.5.